The van der Waals surface area contributed by atoms with E-state index in [4.69, 9.17) is 0 Å². The van der Waals surface area contributed by atoms with E-state index in [1.165, 1.54) is 12.1 Å². The van der Waals surface area contributed by atoms with Crippen LogP contribution in [0.1, 0.15) is 50.8 Å². The summed E-state index contributed by atoms with van der Waals surface area (Å²) in [7, 11) is 0. The van der Waals surface area contributed by atoms with Crippen LogP contribution in [0.4, 0.5) is 14.9 Å². The maximum absolute atomic E-state index is 13.6. The highest BCUT2D eigenvalue weighted by atomic mass is 19.1. The number of anilines is 1. The van der Waals surface area contributed by atoms with Crippen molar-refractivity contribution in [3.05, 3.63) is 71.6 Å². The molecule has 1 aliphatic heterocycles. The van der Waals surface area contributed by atoms with E-state index in [0.29, 0.717) is 0 Å². The third-order valence-corrected chi connectivity index (χ3v) is 5.29. The molecule has 1 atom stereocenters. The Bertz CT molecular complexity index is 888. The maximum Gasteiger partial charge on any atom is 0.322 e. The summed E-state index contributed by atoms with van der Waals surface area (Å²) in [4.78, 5) is 14.9. The Morgan fingerprint density at radius 2 is 2.00 bits per heavy atom. The van der Waals surface area contributed by atoms with Crippen LogP contribution in [0.25, 0.3) is 5.57 Å². The van der Waals surface area contributed by atoms with E-state index in [1.807, 2.05) is 45.9 Å². The average Bonchev–Trinajstić information content (AvgIpc) is 2.61. The molecule has 0 saturated carbocycles. The van der Waals surface area contributed by atoms with Gasteiger partial charge in [-0.15, -0.1) is 0 Å². The van der Waals surface area contributed by atoms with Gasteiger partial charge in [0.15, 0.2) is 0 Å². The van der Waals surface area contributed by atoms with E-state index in [9.17, 15) is 9.18 Å². The van der Waals surface area contributed by atoms with Crippen molar-refractivity contribution in [2.75, 3.05) is 4.90 Å². The van der Waals surface area contributed by atoms with Gasteiger partial charge in [0.2, 0.25) is 0 Å². The van der Waals surface area contributed by atoms with Crippen molar-refractivity contribution in [1.82, 2.24) is 5.32 Å². The molecular weight excluding hydrogens is 339 g/mol. The second-order valence-corrected chi connectivity index (χ2v) is 7.95. The summed E-state index contributed by atoms with van der Waals surface area (Å²) < 4.78 is 13.6. The molecule has 2 aromatic carbocycles. The molecule has 3 rings (SSSR count). The molecule has 0 fully saturated rings. The highest BCUT2D eigenvalue weighted by molar-refractivity contribution is 5.94. The van der Waals surface area contributed by atoms with Crippen molar-refractivity contribution in [2.45, 2.75) is 52.1 Å². The smallest absolute Gasteiger partial charge is 0.322 e. The van der Waals surface area contributed by atoms with Crippen molar-refractivity contribution < 1.29 is 9.18 Å². The van der Waals surface area contributed by atoms with Gasteiger partial charge in [-0.2, -0.15) is 0 Å². The minimum absolute atomic E-state index is 0.0560. The first-order valence-corrected chi connectivity index (χ1v) is 9.35. The van der Waals surface area contributed by atoms with Crippen LogP contribution in [0.5, 0.6) is 0 Å². The van der Waals surface area contributed by atoms with Gasteiger partial charge in [0, 0.05) is 11.7 Å². The number of hydrogen-bond donors (Lipinski definition) is 1. The van der Waals surface area contributed by atoms with Crippen molar-refractivity contribution in [3.8, 4) is 0 Å². The van der Waals surface area contributed by atoms with Crippen molar-refractivity contribution >= 4 is 17.3 Å². The number of amides is 2. The molecule has 3 nitrogen and oxygen atoms in total. The summed E-state index contributed by atoms with van der Waals surface area (Å²) in [5.74, 6) is -0.263. The Balaban J connectivity index is 1.88. The molecule has 0 saturated heterocycles. The number of benzene rings is 2. The van der Waals surface area contributed by atoms with Crippen LogP contribution in [0.15, 0.2) is 49.0 Å². The van der Waals surface area contributed by atoms with E-state index in [1.54, 1.807) is 11.0 Å². The number of fused-ring (bicyclic) bond motifs is 1. The number of allylic oxidation sites excluding steroid dienone is 1. The lowest BCUT2D eigenvalue weighted by molar-refractivity contribution is 0.232. The Morgan fingerprint density at radius 1 is 1.26 bits per heavy atom. The van der Waals surface area contributed by atoms with Gasteiger partial charge in [-0.05, 0) is 81.5 Å². The second-order valence-electron chi connectivity index (χ2n) is 7.95. The monoisotopic (exact) mass is 366 g/mol. The fourth-order valence-electron chi connectivity index (χ4n) is 3.60. The molecule has 1 N–H and O–H groups in total. The third kappa shape index (κ3) is 3.90. The zero-order valence-electron chi connectivity index (χ0n) is 16.5. The van der Waals surface area contributed by atoms with Gasteiger partial charge in [0.25, 0.3) is 0 Å². The Morgan fingerprint density at radius 3 is 2.70 bits per heavy atom. The lowest BCUT2D eigenvalue weighted by atomic mass is 9.91. The predicted molar refractivity (Wildman–Crippen MR) is 109 cm³/mol. The molecule has 0 unspecified atom stereocenters. The third-order valence-electron chi connectivity index (χ3n) is 5.29. The fourth-order valence-corrected chi connectivity index (χ4v) is 3.60. The van der Waals surface area contributed by atoms with E-state index in [2.05, 4.69) is 18.0 Å². The second kappa shape index (κ2) is 7.18. The van der Waals surface area contributed by atoms with Crippen molar-refractivity contribution in [3.63, 3.8) is 0 Å². The van der Waals surface area contributed by atoms with Gasteiger partial charge in [-0.1, -0.05) is 30.4 Å². The highest BCUT2D eigenvalue weighted by Gasteiger charge is 2.32. The number of halogens is 1. The van der Waals surface area contributed by atoms with Gasteiger partial charge < -0.3 is 5.32 Å². The number of nitrogens with one attached hydrogen (secondary N) is 1. The number of carbonyl (C=O) groups is 1. The van der Waals surface area contributed by atoms with E-state index < -0.39 is 5.54 Å². The van der Waals surface area contributed by atoms with Crippen molar-refractivity contribution in [1.29, 1.82) is 0 Å². The van der Waals surface area contributed by atoms with Crippen LogP contribution in [-0.4, -0.2) is 12.1 Å². The van der Waals surface area contributed by atoms with Crippen LogP contribution in [0, 0.1) is 5.82 Å². The zero-order valence-corrected chi connectivity index (χ0v) is 16.5. The minimum Gasteiger partial charge on any atom is -0.329 e. The first kappa shape index (κ1) is 19.2. The van der Waals surface area contributed by atoms with Gasteiger partial charge in [-0.3, -0.25) is 4.90 Å². The van der Waals surface area contributed by atoms with Crippen LogP contribution in [-0.2, 0) is 12.0 Å². The lowest BCUT2D eigenvalue weighted by Gasteiger charge is -2.38. The minimum atomic E-state index is -0.556. The highest BCUT2D eigenvalue weighted by Crippen LogP contribution is 2.32. The van der Waals surface area contributed by atoms with Crippen molar-refractivity contribution in [2.24, 2.45) is 0 Å². The molecule has 142 valence electrons. The number of nitrogens with zero attached hydrogens (tertiary/aromatic N) is 1. The Labute approximate surface area is 160 Å². The van der Waals surface area contributed by atoms with E-state index >= 15 is 0 Å². The molecule has 2 amide bonds. The van der Waals surface area contributed by atoms with Crippen LogP contribution in [0.3, 0.4) is 0 Å². The van der Waals surface area contributed by atoms with E-state index in [0.717, 1.165) is 40.8 Å². The molecule has 1 aliphatic rings. The Kier molecular flexibility index (Phi) is 5.09. The summed E-state index contributed by atoms with van der Waals surface area (Å²) in [5.41, 5.74) is 4.17. The van der Waals surface area contributed by atoms with Crippen LogP contribution in [0.2, 0.25) is 0 Å². The number of hydrogen-bond acceptors (Lipinski definition) is 1. The lowest BCUT2D eigenvalue weighted by Crippen LogP contribution is -2.53. The molecule has 0 spiro atoms. The summed E-state index contributed by atoms with van der Waals surface area (Å²) in [6.07, 6.45) is 1.59. The normalized spacial score (nSPS) is 16.6. The SMILES string of the molecule is C=C(C)c1cccc(C(C)(C)NC(=O)N2c3ccc(F)cc3CC[C@@H]2C)c1. The van der Waals surface area contributed by atoms with Crippen LogP contribution < -0.4 is 10.2 Å². The number of carbonyl (C=O) groups excluding carboxylic acids is 1. The van der Waals surface area contributed by atoms with E-state index in [-0.39, 0.29) is 17.9 Å². The zero-order chi connectivity index (χ0) is 19.8. The number of urea groups is 1. The molecule has 0 aliphatic carbocycles. The molecule has 2 aromatic rings. The van der Waals surface area contributed by atoms with Gasteiger partial charge in [0.1, 0.15) is 5.82 Å². The summed E-state index contributed by atoms with van der Waals surface area (Å²) in [6.45, 7) is 12.0. The molecule has 4 heteroatoms. The molecule has 0 aromatic heterocycles. The molecule has 0 bridgehead atoms. The molecule has 27 heavy (non-hydrogen) atoms. The quantitative estimate of drug-likeness (QED) is 0.748. The van der Waals surface area contributed by atoms with Gasteiger partial charge in [0.05, 0.1) is 5.54 Å². The topological polar surface area (TPSA) is 32.3 Å². The fraction of sp³-hybridized carbons (Fsp3) is 0.348. The summed E-state index contributed by atoms with van der Waals surface area (Å²) in [5, 5.41) is 3.16. The van der Waals surface area contributed by atoms with Crippen LogP contribution >= 0.6 is 0 Å². The largest absolute Gasteiger partial charge is 0.329 e. The van der Waals surface area contributed by atoms with Gasteiger partial charge in [-0.25, -0.2) is 9.18 Å². The number of aryl methyl sites for hydroxylation is 1. The predicted octanol–water partition coefficient (Wildman–Crippen LogP) is 5.64. The van der Waals surface area contributed by atoms with Gasteiger partial charge >= 0.3 is 6.03 Å². The summed E-state index contributed by atoms with van der Waals surface area (Å²) in [6, 6.07) is 12.6. The maximum atomic E-state index is 13.6. The first-order valence-electron chi connectivity index (χ1n) is 9.35. The molecular formula is C23H27FN2O. The summed E-state index contributed by atoms with van der Waals surface area (Å²) >= 11 is 0. The molecule has 1 heterocycles. The first-order chi connectivity index (χ1) is 12.7. The average molecular weight is 366 g/mol. The number of rotatable bonds is 3. The molecule has 0 radical (unpaired) electrons. The Hall–Kier alpha value is -2.62. The standard InChI is InChI=1S/C23H27FN2O/c1-15(2)17-7-6-8-19(13-17)23(4,5)25-22(27)26-16(3)9-10-18-14-20(24)11-12-21(18)26/h6-8,11-14,16H,1,9-10H2,2-5H3,(H,25,27)/t16-/m0/s1.